The fourth-order valence-corrected chi connectivity index (χ4v) is 2.10. The van der Waals surface area contributed by atoms with E-state index in [1.54, 1.807) is 18.9 Å². The maximum Gasteiger partial charge on any atom is 0.329 e. The lowest BCUT2D eigenvalue weighted by Gasteiger charge is -2.48. The number of likely N-dealkylation sites (tertiary alicyclic amines) is 1. The highest BCUT2D eigenvalue weighted by atomic mass is 16.5. The fraction of sp³-hybridized carbons (Fsp3) is 0.833. The molecule has 1 saturated heterocycles. The predicted molar refractivity (Wildman–Crippen MR) is 69.5 cm³/mol. The number of rotatable bonds is 7. The number of likely N-dealkylation sites (N-methyl/N-ethyl adjacent to an activating group) is 1. The zero-order chi connectivity index (χ0) is 15.3. The first kappa shape index (κ1) is 16.7. The summed E-state index contributed by atoms with van der Waals surface area (Å²) in [6, 6.07) is -0.225. The molecule has 8 heteroatoms. The van der Waals surface area contributed by atoms with E-state index in [1.165, 1.54) is 12.0 Å². The van der Waals surface area contributed by atoms with Crippen LogP contribution in [0.1, 0.15) is 6.92 Å². The molecule has 1 aliphatic rings. The first-order valence-corrected chi connectivity index (χ1v) is 6.30. The molecule has 2 N–H and O–H groups in total. The van der Waals surface area contributed by atoms with Crippen molar-refractivity contribution in [3.8, 4) is 0 Å². The summed E-state index contributed by atoms with van der Waals surface area (Å²) in [5.74, 6) is -1.03. The normalized spacial score (nSPS) is 18.3. The highest BCUT2D eigenvalue weighted by molar-refractivity contribution is 5.75. The van der Waals surface area contributed by atoms with Gasteiger partial charge < -0.3 is 29.5 Å². The van der Waals surface area contributed by atoms with Crippen LogP contribution in [0.5, 0.6) is 0 Å². The monoisotopic (exact) mass is 290 g/mol. The SMILES string of the molecule is COCC(O)CN(C)C(=O)N1CC(C)(OCC(=O)O)C1. The van der Waals surface area contributed by atoms with Crippen molar-refractivity contribution in [2.24, 2.45) is 0 Å². The van der Waals surface area contributed by atoms with Gasteiger partial charge in [0.05, 0.1) is 32.3 Å². The van der Waals surface area contributed by atoms with Gasteiger partial charge in [0.15, 0.2) is 0 Å². The topological polar surface area (TPSA) is 99.5 Å². The van der Waals surface area contributed by atoms with Crippen LogP contribution in [0, 0.1) is 0 Å². The van der Waals surface area contributed by atoms with Crippen LogP contribution in [-0.2, 0) is 14.3 Å². The summed E-state index contributed by atoms with van der Waals surface area (Å²) in [7, 11) is 3.07. The zero-order valence-corrected chi connectivity index (χ0v) is 12.0. The predicted octanol–water partition coefficient (Wildman–Crippen LogP) is -0.779. The molecule has 1 atom stereocenters. The van der Waals surface area contributed by atoms with Gasteiger partial charge in [-0.15, -0.1) is 0 Å². The van der Waals surface area contributed by atoms with Crippen LogP contribution >= 0.6 is 0 Å². The van der Waals surface area contributed by atoms with Gasteiger partial charge >= 0.3 is 12.0 Å². The van der Waals surface area contributed by atoms with Gasteiger partial charge in [-0.25, -0.2) is 9.59 Å². The van der Waals surface area contributed by atoms with Crippen molar-refractivity contribution in [3.05, 3.63) is 0 Å². The Labute approximate surface area is 117 Å². The van der Waals surface area contributed by atoms with E-state index in [4.69, 9.17) is 14.6 Å². The van der Waals surface area contributed by atoms with Crippen LogP contribution < -0.4 is 0 Å². The van der Waals surface area contributed by atoms with Gasteiger partial charge in [-0.1, -0.05) is 0 Å². The number of urea groups is 1. The third-order valence-electron chi connectivity index (χ3n) is 3.04. The lowest BCUT2D eigenvalue weighted by molar-refractivity contribution is -0.160. The molecule has 0 radical (unpaired) electrons. The molecule has 1 fully saturated rings. The Bertz CT molecular complexity index is 356. The molecular weight excluding hydrogens is 268 g/mol. The maximum absolute atomic E-state index is 12.0. The summed E-state index contributed by atoms with van der Waals surface area (Å²) in [6.07, 6.45) is -0.732. The molecule has 0 bridgehead atoms. The van der Waals surface area contributed by atoms with Crippen molar-refractivity contribution in [2.45, 2.75) is 18.6 Å². The van der Waals surface area contributed by atoms with Crippen LogP contribution in [0.2, 0.25) is 0 Å². The van der Waals surface area contributed by atoms with E-state index >= 15 is 0 Å². The molecule has 0 saturated carbocycles. The van der Waals surface area contributed by atoms with Crippen molar-refractivity contribution in [2.75, 3.05) is 47.0 Å². The lowest BCUT2D eigenvalue weighted by Crippen LogP contribution is -2.65. The van der Waals surface area contributed by atoms with Crippen molar-refractivity contribution in [1.82, 2.24) is 9.80 Å². The van der Waals surface area contributed by atoms with Crippen molar-refractivity contribution < 1.29 is 29.3 Å². The van der Waals surface area contributed by atoms with Crippen LogP contribution in [0.15, 0.2) is 0 Å². The first-order valence-electron chi connectivity index (χ1n) is 6.30. The standard InChI is InChI=1S/C12H22N2O6/c1-12(20-6-10(16)17)7-14(8-12)11(18)13(2)4-9(15)5-19-3/h9,15H,4-8H2,1-3H3,(H,16,17). The molecule has 0 aliphatic carbocycles. The molecule has 0 aromatic rings. The van der Waals surface area contributed by atoms with E-state index in [2.05, 4.69) is 0 Å². The number of hydrogen-bond acceptors (Lipinski definition) is 5. The highest BCUT2D eigenvalue weighted by Gasteiger charge is 2.43. The molecule has 8 nitrogen and oxygen atoms in total. The number of nitrogens with zero attached hydrogens (tertiary/aromatic N) is 2. The van der Waals surface area contributed by atoms with Gasteiger partial charge in [0.2, 0.25) is 0 Å². The number of carbonyl (C=O) groups excluding carboxylic acids is 1. The summed E-state index contributed by atoms with van der Waals surface area (Å²) in [4.78, 5) is 25.4. The van der Waals surface area contributed by atoms with Crippen LogP contribution in [0.25, 0.3) is 0 Å². The number of methoxy groups -OCH3 is 1. The lowest BCUT2D eigenvalue weighted by atomic mass is 9.97. The number of amides is 2. The first-order chi connectivity index (χ1) is 9.27. The number of hydrogen-bond donors (Lipinski definition) is 2. The molecule has 116 valence electrons. The summed E-state index contributed by atoms with van der Waals surface area (Å²) in [6.45, 7) is 2.40. The Morgan fingerprint density at radius 2 is 2.05 bits per heavy atom. The Morgan fingerprint density at radius 1 is 1.45 bits per heavy atom. The number of ether oxygens (including phenoxy) is 2. The Kier molecular flexibility index (Phi) is 5.73. The van der Waals surface area contributed by atoms with Crippen molar-refractivity contribution >= 4 is 12.0 Å². The molecule has 1 rings (SSSR count). The molecule has 0 spiro atoms. The summed E-state index contributed by atoms with van der Waals surface area (Å²) in [5.41, 5.74) is -0.611. The number of aliphatic hydroxyl groups excluding tert-OH is 1. The molecule has 0 aromatic heterocycles. The number of aliphatic hydroxyl groups is 1. The van der Waals surface area contributed by atoms with Gasteiger partial charge in [0.1, 0.15) is 12.2 Å². The minimum absolute atomic E-state index is 0.164. The third kappa shape index (κ3) is 4.62. The largest absolute Gasteiger partial charge is 0.480 e. The Morgan fingerprint density at radius 3 is 2.55 bits per heavy atom. The molecule has 2 amide bonds. The van der Waals surface area contributed by atoms with E-state index in [1.807, 2.05) is 0 Å². The quantitative estimate of drug-likeness (QED) is 0.638. The van der Waals surface area contributed by atoms with Gasteiger partial charge in [-0.2, -0.15) is 0 Å². The van der Waals surface area contributed by atoms with Crippen molar-refractivity contribution in [3.63, 3.8) is 0 Å². The molecule has 0 aromatic carbocycles. The van der Waals surface area contributed by atoms with E-state index in [0.717, 1.165) is 0 Å². The Hall–Kier alpha value is -1.38. The second-order valence-corrected chi connectivity index (χ2v) is 5.26. The molecule has 20 heavy (non-hydrogen) atoms. The van der Waals surface area contributed by atoms with Gasteiger partial charge in [-0.3, -0.25) is 0 Å². The molecular formula is C12H22N2O6. The zero-order valence-electron chi connectivity index (χ0n) is 12.0. The highest BCUT2D eigenvalue weighted by Crippen LogP contribution is 2.25. The van der Waals surface area contributed by atoms with Crippen LogP contribution in [0.3, 0.4) is 0 Å². The smallest absolute Gasteiger partial charge is 0.329 e. The number of carboxylic acid groups (broad SMARTS) is 1. The van der Waals surface area contributed by atoms with E-state index in [0.29, 0.717) is 13.1 Å². The number of carbonyl (C=O) groups is 2. The van der Waals surface area contributed by atoms with Gasteiger partial charge in [-0.05, 0) is 6.92 Å². The van der Waals surface area contributed by atoms with Crippen LogP contribution in [0.4, 0.5) is 4.79 Å². The minimum atomic E-state index is -1.03. The van der Waals surface area contributed by atoms with Gasteiger partial charge in [0.25, 0.3) is 0 Å². The molecule has 1 heterocycles. The van der Waals surface area contributed by atoms with Crippen LogP contribution in [-0.4, -0.2) is 90.7 Å². The third-order valence-corrected chi connectivity index (χ3v) is 3.04. The van der Waals surface area contributed by atoms with Crippen molar-refractivity contribution in [1.29, 1.82) is 0 Å². The minimum Gasteiger partial charge on any atom is -0.480 e. The second kappa shape index (κ2) is 6.87. The second-order valence-electron chi connectivity index (χ2n) is 5.26. The molecule has 1 aliphatic heterocycles. The summed E-state index contributed by atoms with van der Waals surface area (Å²) >= 11 is 0. The average Bonchev–Trinajstić information content (AvgIpc) is 2.32. The fourth-order valence-electron chi connectivity index (χ4n) is 2.10. The molecule has 1 unspecified atom stereocenters. The van der Waals surface area contributed by atoms with E-state index < -0.39 is 17.7 Å². The average molecular weight is 290 g/mol. The Balaban J connectivity index is 2.35. The summed E-state index contributed by atoms with van der Waals surface area (Å²) in [5, 5.41) is 18.1. The number of aliphatic carboxylic acids is 1. The summed E-state index contributed by atoms with van der Waals surface area (Å²) < 4.78 is 10.0. The van der Waals surface area contributed by atoms with E-state index in [9.17, 15) is 14.7 Å². The number of carboxylic acids is 1. The van der Waals surface area contributed by atoms with Gasteiger partial charge in [0, 0.05) is 14.2 Å². The van der Waals surface area contributed by atoms with E-state index in [-0.39, 0.29) is 25.8 Å². The maximum atomic E-state index is 12.0.